The van der Waals surface area contributed by atoms with E-state index in [1.54, 1.807) is 11.3 Å². The molecular formula is C22H31N3OS. The Kier molecular flexibility index (Phi) is 7.05. The summed E-state index contributed by atoms with van der Waals surface area (Å²) in [4.78, 5) is 18.6. The molecule has 27 heavy (non-hydrogen) atoms. The van der Waals surface area contributed by atoms with E-state index in [1.807, 2.05) is 13.8 Å². The van der Waals surface area contributed by atoms with Crippen LogP contribution in [0.5, 0.6) is 0 Å². The normalized spacial score (nSPS) is 18.4. The van der Waals surface area contributed by atoms with Crippen LogP contribution in [0.15, 0.2) is 47.8 Å². The average Bonchev–Trinajstić information content (AvgIpc) is 3.18. The molecule has 0 radical (unpaired) electrons. The third kappa shape index (κ3) is 5.41. The minimum atomic E-state index is 0.0131. The molecule has 5 heteroatoms. The van der Waals surface area contributed by atoms with Gasteiger partial charge in [0.05, 0.1) is 6.04 Å². The summed E-state index contributed by atoms with van der Waals surface area (Å²) < 4.78 is 0. The Morgan fingerprint density at radius 1 is 1.04 bits per heavy atom. The summed E-state index contributed by atoms with van der Waals surface area (Å²) in [5.74, 6) is 0.144. The van der Waals surface area contributed by atoms with Crippen molar-refractivity contribution >= 4 is 17.2 Å². The van der Waals surface area contributed by atoms with Crippen LogP contribution in [0.4, 0.5) is 0 Å². The highest BCUT2D eigenvalue weighted by atomic mass is 32.1. The summed E-state index contributed by atoms with van der Waals surface area (Å²) in [6, 6.07) is 15.3. The van der Waals surface area contributed by atoms with Gasteiger partial charge in [-0.1, -0.05) is 50.2 Å². The van der Waals surface area contributed by atoms with Crippen molar-refractivity contribution in [3.63, 3.8) is 0 Å². The number of rotatable bonds is 7. The minimum absolute atomic E-state index is 0.0131. The van der Waals surface area contributed by atoms with E-state index in [0.717, 1.165) is 32.7 Å². The van der Waals surface area contributed by atoms with E-state index >= 15 is 0 Å². The van der Waals surface area contributed by atoms with Gasteiger partial charge in [0.15, 0.2) is 0 Å². The zero-order chi connectivity index (χ0) is 19.2. The van der Waals surface area contributed by atoms with E-state index in [0.29, 0.717) is 0 Å². The van der Waals surface area contributed by atoms with E-state index in [4.69, 9.17) is 0 Å². The maximum Gasteiger partial charge on any atom is 0.222 e. The average molecular weight is 386 g/mol. The number of nitrogens with zero attached hydrogens (tertiary/aromatic N) is 2. The second-order valence-corrected chi connectivity index (χ2v) is 8.69. The zero-order valence-electron chi connectivity index (χ0n) is 16.6. The first kappa shape index (κ1) is 20.1. The van der Waals surface area contributed by atoms with Crippen LogP contribution in [-0.4, -0.2) is 47.9 Å². The van der Waals surface area contributed by atoms with Crippen LogP contribution in [0.1, 0.15) is 37.3 Å². The Balaban J connectivity index is 1.63. The van der Waals surface area contributed by atoms with Gasteiger partial charge >= 0.3 is 0 Å². The molecule has 0 saturated carbocycles. The monoisotopic (exact) mass is 385 g/mol. The predicted octanol–water partition coefficient (Wildman–Crippen LogP) is 3.77. The first-order valence-electron chi connectivity index (χ1n) is 9.88. The maximum absolute atomic E-state index is 12.2. The summed E-state index contributed by atoms with van der Waals surface area (Å²) in [5, 5.41) is 5.36. The molecule has 0 unspecified atom stereocenters. The Bertz CT molecular complexity index is 694. The number of carbonyl (C=O) groups is 1. The summed E-state index contributed by atoms with van der Waals surface area (Å²) >= 11 is 1.79. The fourth-order valence-electron chi connectivity index (χ4n) is 3.71. The molecule has 2 atom stereocenters. The highest BCUT2D eigenvalue weighted by Gasteiger charge is 2.31. The topological polar surface area (TPSA) is 35.6 Å². The van der Waals surface area contributed by atoms with Gasteiger partial charge in [-0.25, -0.2) is 0 Å². The van der Waals surface area contributed by atoms with E-state index in [2.05, 4.69) is 69.9 Å². The minimum Gasteiger partial charge on any atom is -0.351 e. The van der Waals surface area contributed by atoms with Crippen molar-refractivity contribution < 1.29 is 4.79 Å². The molecule has 0 aliphatic carbocycles. The van der Waals surface area contributed by atoms with Crippen LogP contribution in [0.25, 0.3) is 0 Å². The van der Waals surface area contributed by atoms with Crippen LogP contribution in [0, 0.1) is 5.92 Å². The molecule has 1 amide bonds. The molecule has 0 bridgehead atoms. The lowest BCUT2D eigenvalue weighted by molar-refractivity contribution is -0.125. The molecule has 2 aromatic rings. The van der Waals surface area contributed by atoms with Gasteiger partial charge in [-0.15, -0.1) is 11.3 Å². The molecule has 1 aliphatic heterocycles. The van der Waals surface area contributed by atoms with Crippen LogP contribution in [0.2, 0.25) is 0 Å². The molecule has 3 rings (SSSR count). The summed E-state index contributed by atoms with van der Waals surface area (Å²) in [7, 11) is 0. The van der Waals surface area contributed by atoms with Gasteiger partial charge in [0.2, 0.25) is 5.91 Å². The Hall–Kier alpha value is -1.69. The van der Waals surface area contributed by atoms with Gasteiger partial charge in [0, 0.05) is 49.6 Å². The second kappa shape index (κ2) is 9.49. The van der Waals surface area contributed by atoms with E-state index < -0.39 is 0 Å². The van der Waals surface area contributed by atoms with Crippen molar-refractivity contribution in [1.29, 1.82) is 0 Å². The Morgan fingerprint density at radius 3 is 2.33 bits per heavy atom. The summed E-state index contributed by atoms with van der Waals surface area (Å²) in [6.07, 6.45) is 0. The largest absolute Gasteiger partial charge is 0.351 e. The first-order chi connectivity index (χ1) is 13.0. The number of hydrogen-bond donors (Lipinski definition) is 1. The Labute approximate surface area is 167 Å². The van der Waals surface area contributed by atoms with Crippen molar-refractivity contribution in [3.8, 4) is 0 Å². The van der Waals surface area contributed by atoms with Gasteiger partial charge in [-0.2, -0.15) is 0 Å². The van der Waals surface area contributed by atoms with Crippen molar-refractivity contribution in [1.82, 2.24) is 15.1 Å². The van der Waals surface area contributed by atoms with Crippen LogP contribution in [-0.2, 0) is 11.3 Å². The van der Waals surface area contributed by atoms with Crippen molar-refractivity contribution in [2.45, 2.75) is 39.4 Å². The third-order valence-corrected chi connectivity index (χ3v) is 6.19. The second-order valence-electron chi connectivity index (χ2n) is 7.71. The molecule has 0 spiro atoms. The smallest absolute Gasteiger partial charge is 0.222 e. The molecule has 1 saturated heterocycles. The number of amides is 1. The zero-order valence-corrected chi connectivity index (χ0v) is 17.4. The fraction of sp³-hybridized carbons (Fsp3) is 0.500. The van der Waals surface area contributed by atoms with Gasteiger partial charge in [0.1, 0.15) is 0 Å². The lowest BCUT2D eigenvalue weighted by Crippen LogP contribution is -2.52. The molecule has 2 heterocycles. The number of thiophene rings is 1. The van der Waals surface area contributed by atoms with Crippen LogP contribution >= 0.6 is 11.3 Å². The molecule has 1 N–H and O–H groups in total. The highest BCUT2D eigenvalue weighted by molar-refractivity contribution is 7.10. The Morgan fingerprint density at radius 2 is 1.74 bits per heavy atom. The number of nitrogens with one attached hydrogen (secondary N) is 1. The molecular weight excluding hydrogens is 354 g/mol. The van der Waals surface area contributed by atoms with Crippen LogP contribution < -0.4 is 5.32 Å². The van der Waals surface area contributed by atoms with Gasteiger partial charge in [-0.05, 0) is 23.9 Å². The van der Waals surface area contributed by atoms with E-state index in [9.17, 15) is 4.79 Å². The van der Waals surface area contributed by atoms with Gasteiger partial charge in [0.25, 0.3) is 0 Å². The quantitative estimate of drug-likeness (QED) is 0.788. The standard InChI is InChI=1S/C22H31N3OS/c1-17(2)22(26)23-18(3)21(20-10-7-15-27-20)25-13-11-24(12-14-25)16-19-8-5-4-6-9-19/h4-10,15,17-18,21H,11-14,16H2,1-3H3,(H,23,26)/t18-,21-/m1/s1. The molecule has 1 aliphatic rings. The van der Waals surface area contributed by atoms with Crippen LogP contribution in [0.3, 0.4) is 0 Å². The SMILES string of the molecule is CC(C)C(=O)N[C@H](C)[C@H](c1cccs1)N1CCN(Cc2ccccc2)CC1. The molecule has 1 fully saturated rings. The number of hydrogen-bond acceptors (Lipinski definition) is 4. The van der Waals surface area contributed by atoms with E-state index in [-0.39, 0.29) is 23.9 Å². The lowest BCUT2D eigenvalue weighted by Gasteiger charge is -2.41. The number of benzene rings is 1. The highest BCUT2D eigenvalue weighted by Crippen LogP contribution is 2.29. The number of piperazine rings is 1. The molecule has 1 aromatic carbocycles. The first-order valence-corrected chi connectivity index (χ1v) is 10.8. The molecule has 4 nitrogen and oxygen atoms in total. The third-order valence-electron chi connectivity index (χ3n) is 5.25. The van der Waals surface area contributed by atoms with Crippen molar-refractivity contribution in [2.75, 3.05) is 26.2 Å². The number of carbonyl (C=O) groups excluding carboxylic acids is 1. The summed E-state index contributed by atoms with van der Waals surface area (Å²) in [5.41, 5.74) is 1.37. The van der Waals surface area contributed by atoms with E-state index in [1.165, 1.54) is 10.4 Å². The van der Waals surface area contributed by atoms with Crippen molar-refractivity contribution in [3.05, 3.63) is 58.3 Å². The van der Waals surface area contributed by atoms with Crippen molar-refractivity contribution in [2.24, 2.45) is 5.92 Å². The lowest BCUT2D eigenvalue weighted by atomic mass is 10.0. The van der Waals surface area contributed by atoms with Gasteiger partial charge < -0.3 is 5.32 Å². The fourth-order valence-corrected chi connectivity index (χ4v) is 4.68. The maximum atomic E-state index is 12.2. The predicted molar refractivity (Wildman–Crippen MR) is 113 cm³/mol. The molecule has 146 valence electrons. The summed E-state index contributed by atoms with van der Waals surface area (Å²) in [6.45, 7) is 11.2. The molecule has 1 aromatic heterocycles. The van der Waals surface area contributed by atoms with Gasteiger partial charge in [-0.3, -0.25) is 14.6 Å².